The highest BCUT2D eigenvalue weighted by molar-refractivity contribution is 5.28. The maximum absolute atomic E-state index is 13.8. The van der Waals surface area contributed by atoms with E-state index in [-0.39, 0.29) is 17.0 Å². The summed E-state index contributed by atoms with van der Waals surface area (Å²) in [7, 11) is 0. The summed E-state index contributed by atoms with van der Waals surface area (Å²) in [5.41, 5.74) is -0.545. The molecule has 0 aliphatic carbocycles. The van der Waals surface area contributed by atoms with Crippen LogP contribution >= 0.6 is 0 Å². The van der Waals surface area contributed by atoms with Crippen LogP contribution in [0.15, 0.2) is 6.07 Å². The Morgan fingerprint density at radius 2 is 1.79 bits per heavy atom. The number of hydrogen-bond acceptors (Lipinski definition) is 2. The fourth-order valence-electron chi connectivity index (χ4n) is 2.17. The quantitative estimate of drug-likeness (QED) is 0.779. The topological polar surface area (TPSA) is 18.5 Å². The van der Waals surface area contributed by atoms with E-state index < -0.39 is 23.7 Å². The van der Waals surface area contributed by atoms with Gasteiger partial charge in [0.15, 0.2) is 17.9 Å². The summed E-state index contributed by atoms with van der Waals surface area (Å²) >= 11 is 0. The van der Waals surface area contributed by atoms with Gasteiger partial charge in [0, 0.05) is 17.0 Å². The summed E-state index contributed by atoms with van der Waals surface area (Å²) in [6, 6.07) is 0.943. The van der Waals surface area contributed by atoms with Crippen molar-refractivity contribution in [3.8, 4) is 0 Å². The Labute approximate surface area is 110 Å². The average molecular weight is 274 g/mol. The Morgan fingerprint density at radius 1 is 1.16 bits per heavy atom. The van der Waals surface area contributed by atoms with Crippen molar-refractivity contribution in [2.45, 2.75) is 33.0 Å². The number of ether oxygens (including phenoxy) is 2. The summed E-state index contributed by atoms with van der Waals surface area (Å²) in [5, 5.41) is 0. The molecule has 0 unspecified atom stereocenters. The summed E-state index contributed by atoms with van der Waals surface area (Å²) in [5.74, 6) is -2.82. The zero-order chi connectivity index (χ0) is 14.0. The van der Waals surface area contributed by atoms with Crippen LogP contribution in [0.4, 0.5) is 13.2 Å². The lowest BCUT2D eigenvalue weighted by atomic mass is 10.0. The van der Waals surface area contributed by atoms with E-state index in [1.165, 1.54) is 6.92 Å². The summed E-state index contributed by atoms with van der Waals surface area (Å²) in [6.45, 7) is 4.07. The molecule has 1 aromatic carbocycles. The predicted octanol–water partition coefficient (Wildman–Crippen LogP) is 3.87. The van der Waals surface area contributed by atoms with E-state index in [1.807, 2.05) is 0 Å². The highest BCUT2D eigenvalue weighted by Gasteiger charge is 2.28. The van der Waals surface area contributed by atoms with Crippen LogP contribution in [0.1, 0.15) is 37.2 Å². The van der Waals surface area contributed by atoms with Crippen molar-refractivity contribution in [2.75, 3.05) is 13.2 Å². The molecule has 0 radical (unpaired) electrons. The molecule has 1 aromatic rings. The van der Waals surface area contributed by atoms with Crippen LogP contribution in [0, 0.1) is 30.3 Å². The first-order valence-corrected chi connectivity index (χ1v) is 6.41. The normalized spacial score (nSPS) is 23.6. The van der Waals surface area contributed by atoms with Gasteiger partial charge in [0.05, 0.1) is 13.2 Å². The lowest BCUT2D eigenvalue weighted by Crippen LogP contribution is -2.27. The van der Waals surface area contributed by atoms with Gasteiger partial charge >= 0.3 is 0 Å². The van der Waals surface area contributed by atoms with Gasteiger partial charge < -0.3 is 9.47 Å². The molecule has 1 heterocycles. The van der Waals surface area contributed by atoms with Crippen LogP contribution in [0.25, 0.3) is 0 Å². The van der Waals surface area contributed by atoms with Crippen molar-refractivity contribution in [1.29, 1.82) is 0 Å². The Balaban J connectivity index is 2.16. The van der Waals surface area contributed by atoms with Crippen LogP contribution in [0.3, 0.4) is 0 Å². The fourth-order valence-corrected chi connectivity index (χ4v) is 2.17. The van der Waals surface area contributed by atoms with Gasteiger partial charge in [-0.15, -0.1) is 0 Å². The zero-order valence-electron chi connectivity index (χ0n) is 11.0. The molecule has 0 N–H and O–H groups in total. The van der Waals surface area contributed by atoms with Gasteiger partial charge in [0.25, 0.3) is 0 Å². The molecule has 1 saturated heterocycles. The number of halogens is 3. The second-order valence-electron chi connectivity index (χ2n) is 4.85. The van der Waals surface area contributed by atoms with Crippen LogP contribution in [-0.4, -0.2) is 13.2 Å². The van der Waals surface area contributed by atoms with Crippen molar-refractivity contribution in [2.24, 2.45) is 5.92 Å². The third-order valence-corrected chi connectivity index (χ3v) is 3.33. The largest absolute Gasteiger partial charge is 0.348 e. The second-order valence-corrected chi connectivity index (χ2v) is 4.85. The molecule has 0 atom stereocenters. The fraction of sp³-hybridized carbons (Fsp3) is 0.571. The minimum absolute atomic E-state index is 0.212. The van der Waals surface area contributed by atoms with Crippen molar-refractivity contribution in [3.63, 3.8) is 0 Å². The first-order chi connectivity index (χ1) is 9.04. The molecule has 0 amide bonds. The molecular formula is C14H17F3O2. The molecule has 1 aliphatic heterocycles. The summed E-state index contributed by atoms with van der Waals surface area (Å²) < 4.78 is 51.4. The van der Waals surface area contributed by atoms with E-state index in [1.54, 1.807) is 0 Å². The minimum atomic E-state index is -1.18. The number of benzene rings is 1. The Morgan fingerprint density at radius 3 is 2.37 bits per heavy atom. The lowest BCUT2D eigenvalue weighted by molar-refractivity contribution is -0.207. The van der Waals surface area contributed by atoms with Gasteiger partial charge in [0.1, 0.15) is 5.82 Å². The Bertz CT molecular complexity index is 454. The van der Waals surface area contributed by atoms with Crippen LogP contribution < -0.4 is 0 Å². The van der Waals surface area contributed by atoms with E-state index >= 15 is 0 Å². The van der Waals surface area contributed by atoms with E-state index in [0.29, 0.717) is 13.2 Å². The third kappa shape index (κ3) is 2.92. The summed E-state index contributed by atoms with van der Waals surface area (Å²) in [6.07, 6.45) is 0.924. The maximum Gasteiger partial charge on any atom is 0.186 e. The van der Waals surface area contributed by atoms with Crippen LogP contribution in [0.2, 0.25) is 0 Å². The first kappa shape index (κ1) is 14.3. The zero-order valence-corrected chi connectivity index (χ0v) is 11.0. The van der Waals surface area contributed by atoms with Crippen LogP contribution in [-0.2, 0) is 9.47 Å². The molecule has 1 aliphatic rings. The predicted molar refractivity (Wildman–Crippen MR) is 64.1 cm³/mol. The van der Waals surface area contributed by atoms with Crippen molar-refractivity contribution in [3.05, 3.63) is 34.6 Å². The second kappa shape index (κ2) is 5.92. The molecule has 0 bridgehead atoms. The molecule has 0 saturated carbocycles. The van der Waals surface area contributed by atoms with Crippen molar-refractivity contribution in [1.82, 2.24) is 0 Å². The Hall–Kier alpha value is -1.07. The van der Waals surface area contributed by atoms with Gasteiger partial charge in [0.2, 0.25) is 0 Å². The Kier molecular flexibility index (Phi) is 4.47. The molecule has 2 nitrogen and oxygen atoms in total. The summed E-state index contributed by atoms with van der Waals surface area (Å²) in [4.78, 5) is 0. The number of rotatable bonds is 3. The third-order valence-electron chi connectivity index (χ3n) is 3.33. The molecule has 5 heteroatoms. The molecule has 0 aromatic heterocycles. The molecule has 0 spiro atoms. The van der Waals surface area contributed by atoms with E-state index in [0.717, 1.165) is 18.9 Å². The highest BCUT2D eigenvalue weighted by atomic mass is 19.2. The molecule has 19 heavy (non-hydrogen) atoms. The van der Waals surface area contributed by atoms with E-state index in [2.05, 4.69) is 6.92 Å². The molecule has 106 valence electrons. The van der Waals surface area contributed by atoms with Gasteiger partial charge in [-0.05, 0) is 19.4 Å². The number of hydrogen-bond donors (Lipinski definition) is 0. The maximum atomic E-state index is 13.8. The van der Waals surface area contributed by atoms with Crippen molar-refractivity contribution >= 4 is 0 Å². The van der Waals surface area contributed by atoms with Crippen molar-refractivity contribution < 1.29 is 22.6 Å². The van der Waals surface area contributed by atoms with Gasteiger partial charge in [-0.3, -0.25) is 0 Å². The van der Waals surface area contributed by atoms with Gasteiger partial charge in [-0.25, -0.2) is 13.2 Å². The molecular weight excluding hydrogens is 257 g/mol. The lowest BCUT2D eigenvalue weighted by Gasteiger charge is -2.29. The average Bonchev–Trinajstić information content (AvgIpc) is 2.42. The smallest absolute Gasteiger partial charge is 0.186 e. The first-order valence-electron chi connectivity index (χ1n) is 6.41. The van der Waals surface area contributed by atoms with Crippen LogP contribution in [0.5, 0.6) is 0 Å². The van der Waals surface area contributed by atoms with E-state index in [4.69, 9.17) is 9.47 Å². The van der Waals surface area contributed by atoms with E-state index in [9.17, 15) is 13.2 Å². The molecule has 2 rings (SSSR count). The molecule has 1 fully saturated rings. The monoisotopic (exact) mass is 274 g/mol. The van der Waals surface area contributed by atoms with Gasteiger partial charge in [-0.1, -0.05) is 13.3 Å². The minimum Gasteiger partial charge on any atom is -0.348 e. The SMILES string of the molecule is CCCC1COC(c2cc(F)c(C)c(F)c2F)OC1. The van der Waals surface area contributed by atoms with Gasteiger partial charge in [-0.2, -0.15) is 0 Å². The highest BCUT2D eigenvalue weighted by Crippen LogP contribution is 2.31. The standard InChI is InChI=1S/C14H17F3O2/c1-3-4-9-6-18-14(19-7-9)10-5-11(15)8(2)12(16)13(10)17/h5,9,14H,3-4,6-7H2,1-2H3.